The SMILES string of the molecule is CC(C)[C@H](NC(=O)COCCCOCCCCOc1ccc(N2C(=S)N(c3ccc(C#N)c(Cl)c3)C(=O)C2(C)C)cc1)C(=O)C1C[C@H](O)C[C@H]1C(=O)NCc1ccc(-c2cncs2)cc1. The number of hydrogen-bond acceptors (Lipinski definition) is 12. The number of rotatable bonds is 22. The first-order valence-corrected chi connectivity index (χ1v) is 23.4. The number of hydrogen-bond donors (Lipinski definition) is 3. The molecule has 0 bridgehead atoms. The summed E-state index contributed by atoms with van der Waals surface area (Å²) in [5, 5.41) is 26.0. The van der Waals surface area contributed by atoms with Crippen LogP contribution in [0.1, 0.15) is 70.9 Å². The molecule has 3 N–H and O–H groups in total. The van der Waals surface area contributed by atoms with E-state index in [1.54, 1.807) is 60.0 Å². The van der Waals surface area contributed by atoms with E-state index in [2.05, 4.69) is 15.6 Å². The molecular weight excluding hydrogens is 888 g/mol. The van der Waals surface area contributed by atoms with Crippen LogP contribution in [0.5, 0.6) is 5.75 Å². The van der Waals surface area contributed by atoms with Crippen LogP contribution in [0, 0.1) is 29.1 Å². The van der Waals surface area contributed by atoms with Gasteiger partial charge in [0.25, 0.3) is 5.91 Å². The van der Waals surface area contributed by atoms with Crippen LogP contribution in [0.15, 0.2) is 78.4 Å². The van der Waals surface area contributed by atoms with E-state index in [0.717, 1.165) is 34.5 Å². The number of carbonyl (C=O) groups excluding carboxylic acids is 4. The van der Waals surface area contributed by atoms with Gasteiger partial charge in [-0.3, -0.25) is 29.1 Å². The molecule has 17 heteroatoms. The van der Waals surface area contributed by atoms with Gasteiger partial charge in [-0.05, 0) is 118 Å². The number of nitriles is 1. The number of benzene rings is 3. The van der Waals surface area contributed by atoms with Crippen molar-refractivity contribution in [2.45, 2.75) is 84.0 Å². The molecule has 1 aromatic heterocycles. The lowest BCUT2D eigenvalue weighted by atomic mass is 9.84. The van der Waals surface area contributed by atoms with E-state index in [9.17, 15) is 29.5 Å². The lowest BCUT2D eigenvalue weighted by Gasteiger charge is -2.29. The Hall–Kier alpha value is -5.28. The second-order valence-electron chi connectivity index (χ2n) is 17.0. The molecule has 2 heterocycles. The summed E-state index contributed by atoms with van der Waals surface area (Å²) in [6.07, 6.45) is 3.49. The van der Waals surface area contributed by atoms with Crippen molar-refractivity contribution in [1.29, 1.82) is 5.26 Å². The largest absolute Gasteiger partial charge is 0.494 e. The molecule has 0 spiro atoms. The fourth-order valence-electron chi connectivity index (χ4n) is 8.00. The summed E-state index contributed by atoms with van der Waals surface area (Å²) in [6.45, 7) is 9.12. The summed E-state index contributed by atoms with van der Waals surface area (Å²) in [7, 11) is 0. The molecule has 1 aliphatic heterocycles. The van der Waals surface area contributed by atoms with Gasteiger partial charge in [0.05, 0.1) is 51.3 Å². The van der Waals surface area contributed by atoms with Gasteiger partial charge in [-0.1, -0.05) is 49.7 Å². The number of nitrogens with zero attached hydrogens (tertiary/aromatic N) is 4. The number of amides is 3. The van der Waals surface area contributed by atoms with Crippen molar-refractivity contribution < 1.29 is 38.5 Å². The van der Waals surface area contributed by atoms with Gasteiger partial charge in [-0.2, -0.15) is 5.26 Å². The number of anilines is 2. The summed E-state index contributed by atoms with van der Waals surface area (Å²) < 4.78 is 17.3. The zero-order chi connectivity index (χ0) is 46.7. The molecule has 3 amide bonds. The second kappa shape index (κ2) is 22.8. The van der Waals surface area contributed by atoms with Crippen molar-refractivity contribution in [2.24, 2.45) is 17.8 Å². The van der Waals surface area contributed by atoms with Gasteiger partial charge in [-0.15, -0.1) is 11.3 Å². The van der Waals surface area contributed by atoms with E-state index < -0.39 is 35.4 Å². The average molecular weight is 944 g/mol. The lowest BCUT2D eigenvalue weighted by Crippen LogP contribution is -2.49. The number of ketones is 1. The highest BCUT2D eigenvalue weighted by Gasteiger charge is 2.50. The van der Waals surface area contributed by atoms with Crippen molar-refractivity contribution in [3.63, 3.8) is 0 Å². The third-order valence-corrected chi connectivity index (χ3v) is 13.0. The Kier molecular flexibility index (Phi) is 17.2. The van der Waals surface area contributed by atoms with Crippen molar-refractivity contribution in [1.82, 2.24) is 15.6 Å². The maximum atomic E-state index is 13.8. The highest BCUT2D eigenvalue weighted by Crippen LogP contribution is 2.38. The van der Waals surface area contributed by atoms with E-state index in [1.165, 1.54) is 4.90 Å². The number of carbonyl (C=O) groups is 4. The smallest absolute Gasteiger partial charge is 0.259 e. The maximum Gasteiger partial charge on any atom is 0.259 e. The van der Waals surface area contributed by atoms with E-state index in [0.29, 0.717) is 55.0 Å². The number of thiazole rings is 1. The third-order valence-electron chi connectivity index (χ3n) is 11.5. The minimum atomic E-state index is -0.965. The Bertz CT molecular complexity index is 2340. The molecule has 14 nitrogen and oxygen atoms in total. The lowest BCUT2D eigenvalue weighted by molar-refractivity contribution is -0.136. The van der Waals surface area contributed by atoms with E-state index in [1.807, 2.05) is 68.4 Å². The number of aliphatic hydroxyl groups is 1. The highest BCUT2D eigenvalue weighted by molar-refractivity contribution is 7.81. The maximum absolute atomic E-state index is 13.8. The fraction of sp³-hybridized carbons (Fsp3) is 0.438. The number of aromatic nitrogens is 1. The normalized spacial score (nSPS) is 18.5. The summed E-state index contributed by atoms with van der Waals surface area (Å²) in [6, 6.07) is 21.2. The molecule has 2 aliphatic rings. The molecular formula is C48H55ClN6O8S2. The molecule has 344 valence electrons. The minimum absolute atomic E-state index is 0.163. The number of halogens is 1. The minimum Gasteiger partial charge on any atom is -0.494 e. The molecule has 3 aromatic carbocycles. The predicted octanol–water partition coefficient (Wildman–Crippen LogP) is 7.25. The van der Waals surface area contributed by atoms with Gasteiger partial charge in [0.1, 0.15) is 24.0 Å². The zero-order valence-electron chi connectivity index (χ0n) is 37.0. The quantitative estimate of drug-likeness (QED) is 0.0531. The molecule has 4 atom stereocenters. The number of unbranched alkanes of at least 4 members (excludes halogenated alkanes) is 1. The van der Waals surface area contributed by atoms with Gasteiger partial charge in [0, 0.05) is 44.2 Å². The number of nitrogens with one attached hydrogen (secondary N) is 2. The van der Waals surface area contributed by atoms with Gasteiger partial charge in [0.2, 0.25) is 11.8 Å². The van der Waals surface area contributed by atoms with Crippen LogP contribution >= 0.6 is 35.2 Å². The Labute approximate surface area is 394 Å². The Morgan fingerprint density at radius 2 is 1.65 bits per heavy atom. The van der Waals surface area contributed by atoms with Crippen LogP contribution in [0.2, 0.25) is 5.02 Å². The first kappa shape index (κ1) is 49.2. The standard InChI is InChI=1S/C48H55ClN6O8S2/c1-30(2)43(44(58)38-23-36(56)24-39(38)45(59)52-26-31-8-10-32(11-9-31)41-27-51-29-65-41)53-42(57)28-62-20-7-19-61-18-5-6-21-63-37-16-14-34(15-17-37)55-47(64)54(46(60)48(55,3)4)35-13-12-33(25-50)40(49)22-35/h8-17,22,27,29-30,36,38-39,43,56H,5-7,18-21,23-24,26,28H2,1-4H3,(H,52,59)(H,53,57)/t36-,38?,39+,43-/m0/s1. The second-order valence-corrected chi connectivity index (χ2v) is 18.6. The van der Waals surface area contributed by atoms with Crippen LogP contribution in [-0.2, 0) is 35.2 Å². The van der Waals surface area contributed by atoms with Crippen LogP contribution in [0.3, 0.4) is 0 Å². The molecule has 2 fully saturated rings. The summed E-state index contributed by atoms with van der Waals surface area (Å²) in [4.78, 5) is 61.9. The molecule has 0 radical (unpaired) electrons. The first-order valence-electron chi connectivity index (χ1n) is 21.7. The number of ether oxygens (including phenoxy) is 3. The monoisotopic (exact) mass is 942 g/mol. The molecule has 4 aromatic rings. The van der Waals surface area contributed by atoms with Gasteiger partial charge < -0.3 is 34.9 Å². The van der Waals surface area contributed by atoms with Gasteiger partial charge in [-0.25, -0.2) is 0 Å². The van der Waals surface area contributed by atoms with Crippen molar-refractivity contribution >= 4 is 75.1 Å². The summed E-state index contributed by atoms with van der Waals surface area (Å²) in [5.74, 6) is -2.18. The van der Waals surface area contributed by atoms with Crippen LogP contribution in [-0.4, -0.2) is 89.4 Å². The Balaban J connectivity index is 0.841. The molecule has 6 rings (SSSR count). The summed E-state index contributed by atoms with van der Waals surface area (Å²) >= 11 is 13.6. The molecule has 65 heavy (non-hydrogen) atoms. The average Bonchev–Trinajstić information content (AvgIpc) is 4.01. The third kappa shape index (κ3) is 12.3. The van der Waals surface area contributed by atoms with E-state index in [-0.39, 0.29) is 54.5 Å². The Morgan fingerprint density at radius 1 is 0.969 bits per heavy atom. The summed E-state index contributed by atoms with van der Waals surface area (Å²) in [5.41, 5.74) is 4.30. The van der Waals surface area contributed by atoms with E-state index in [4.69, 9.17) is 38.0 Å². The van der Waals surface area contributed by atoms with Gasteiger partial charge >= 0.3 is 0 Å². The number of Topliss-reactive ketones (excluding diaryl/α,β-unsaturated/α-hetero) is 1. The van der Waals surface area contributed by atoms with Crippen molar-refractivity contribution in [2.75, 3.05) is 42.8 Å². The first-order chi connectivity index (χ1) is 31.2. The van der Waals surface area contributed by atoms with Gasteiger partial charge in [0.15, 0.2) is 10.9 Å². The molecule has 1 aliphatic carbocycles. The van der Waals surface area contributed by atoms with E-state index >= 15 is 0 Å². The molecule has 1 unspecified atom stereocenters. The molecule has 1 saturated heterocycles. The van der Waals surface area contributed by atoms with Crippen LogP contribution in [0.25, 0.3) is 10.4 Å². The highest BCUT2D eigenvalue weighted by atomic mass is 35.5. The van der Waals surface area contributed by atoms with Crippen molar-refractivity contribution in [3.05, 3.63) is 94.6 Å². The predicted molar refractivity (Wildman–Crippen MR) is 254 cm³/mol. The van der Waals surface area contributed by atoms with Crippen LogP contribution in [0.4, 0.5) is 11.4 Å². The fourth-order valence-corrected chi connectivity index (χ4v) is 9.37. The topological polar surface area (TPSA) is 183 Å². The number of thiocarbonyl (C=S) groups is 1. The van der Waals surface area contributed by atoms with Crippen molar-refractivity contribution in [3.8, 4) is 22.3 Å². The Morgan fingerprint density at radius 3 is 2.32 bits per heavy atom. The number of aliphatic hydroxyl groups excluding tert-OH is 1. The molecule has 1 saturated carbocycles. The zero-order valence-corrected chi connectivity index (χ0v) is 39.3. The van der Waals surface area contributed by atoms with Crippen LogP contribution < -0.4 is 25.2 Å².